The van der Waals surface area contributed by atoms with E-state index in [0.29, 0.717) is 21.8 Å². The molecule has 0 aliphatic rings. The SMILES string of the molecule is Nc1cccc(Cl)c1C(=O)c1cccnc1. The monoisotopic (exact) mass is 232 g/mol. The number of carbonyl (C=O) groups is 1. The largest absolute Gasteiger partial charge is 0.398 e. The molecule has 2 rings (SSSR count). The highest BCUT2D eigenvalue weighted by atomic mass is 35.5. The third kappa shape index (κ3) is 1.90. The lowest BCUT2D eigenvalue weighted by atomic mass is 10.0. The Bertz CT molecular complexity index is 506. The van der Waals surface area contributed by atoms with Crippen LogP contribution in [0.4, 0.5) is 5.69 Å². The Morgan fingerprint density at radius 3 is 2.69 bits per heavy atom. The fraction of sp³-hybridized carbons (Fsp3) is 0. The van der Waals surface area contributed by atoms with E-state index in [1.165, 1.54) is 6.20 Å². The summed E-state index contributed by atoms with van der Waals surface area (Å²) in [7, 11) is 0. The number of anilines is 1. The molecule has 0 bridgehead atoms. The maximum absolute atomic E-state index is 12.1. The van der Waals surface area contributed by atoms with Gasteiger partial charge in [-0.2, -0.15) is 0 Å². The summed E-state index contributed by atoms with van der Waals surface area (Å²) in [6.07, 6.45) is 3.10. The van der Waals surface area contributed by atoms with Crippen LogP contribution in [-0.2, 0) is 0 Å². The molecule has 2 N–H and O–H groups in total. The number of nitrogen functional groups attached to an aromatic ring is 1. The first kappa shape index (κ1) is 10.6. The number of pyridine rings is 1. The lowest BCUT2D eigenvalue weighted by molar-refractivity contribution is 0.103. The van der Waals surface area contributed by atoms with Crippen LogP contribution in [0, 0.1) is 0 Å². The molecule has 80 valence electrons. The Morgan fingerprint density at radius 1 is 1.25 bits per heavy atom. The molecule has 3 nitrogen and oxygen atoms in total. The van der Waals surface area contributed by atoms with Crippen LogP contribution in [0.2, 0.25) is 5.02 Å². The van der Waals surface area contributed by atoms with Gasteiger partial charge in [-0.05, 0) is 24.3 Å². The average molecular weight is 233 g/mol. The third-order valence-corrected chi connectivity index (χ3v) is 2.51. The van der Waals surface area contributed by atoms with E-state index in [-0.39, 0.29) is 5.78 Å². The smallest absolute Gasteiger partial charge is 0.198 e. The molecule has 0 saturated carbocycles. The first-order valence-electron chi connectivity index (χ1n) is 4.69. The van der Waals surface area contributed by atoms with Crippen LogP contribution in [0.3, 0.4) is 0 Å². The molecule has 0 unspecified atom stereocenters. The van der Waals surface area contributed by atoms with Crippen LogP contribution >= 0.6 is 11.6 Å². The topological polar surface area (TPSA) is 56.0 Å². The second-order valence-electron chi connectivity index (χ2n) is 3.27. The van der Waals surface area contributed by atoms with Crippen molar-refractivity contribution < 1.29 is 4.79 Å². The zero-order chi connectivity index (χ0) is 11.5. The number of nitrogens with zero attached hydrogens (tertiary/aromatic N) is 1. The number of carbonyl (C=O) groups excluding carboxylic acids is 1. The minimum Gasteiger partial charge on any atom is -0.398 e. The molecule has 0 radical (unpaired) electrons. The highest BCUT2D eigenvalue weighted by Gasteiger charge is 2.15. The maximum atomic E-state index is 12.1. The van der Waals surface area contributed by atoms with Crippen molar-refractivity contribution in [3.63, 3.8) is 0 Å². The number of hydrogen-bond acceptors (Lipinski definition) is 3. The molecule has 0 fully saturated rings. The molecule has 0 atom stereocenters. The van der Waals surface area contributed by atoms with Crippen LogP contribution < -0.4 is 5.73 Å². The fourth-order valence-corrected chi connectivity index (χ4v) is 1.69. The average Bonchev–Trinajstić information content (AvgIpc) is 2.30. The van der Waals surface area contributed by atoms with Crippen molar-refractivity contribution in [2.75, 3.05) is 5.73 Å². The first-order valence-corrected chi connectivity index (χ1v) is 5.06. The van der Waals surface area contributed by atoms with Crippen molar-refractivity contribution in [1.29, 1.82) is 0 Å². The van der Waals surface area contributed by atoms with Crippen molar-refractivity contribution in [2.24, 2.45) is 0 Å². The van der Waals surface area contributed by atoms with E-state index in [0.717, 1.165) is 0 Å². The van der Waals surface area contributed by atoms with E-state index in [4.69, 9.17) is 17.3 Å². The molecule has 0 aliphatic carbocycles. The van der Waals surface area contributed by atoms with Gasteiger partial charge >= 0.3 is 0 Å². The quantitative estimate of drug-likeness (QED) is 0.640. The molecule has 1 aromatic carbocycles. The zero-order valence-electron chi connectivity index (χ0n) is 8.35. The normalized spacial score (nSPS) is 10.1. The highest BCUT2D eigenvalue weighted by molar-refractivity contribution is 6.35. The van der Waals surface area contributed by atoms with Crippen LogP contribution in [0.15, 0.2) is 42.7 Å². The molecule has 2 aromatic rings. The molecule has 0 amide bonds. The zero-order valence-corrected chi connectivity index (χ0v) is 9.11. The van der Waals surface area contributed by atoms with Crippen LogP contribution in [0.5, 0.6) is 0 Å². The molecular weight excluding hydrogens is 224 g/mol. The number of aromatic nitrogens is 1. The summed E-state index contributed by atoms with van der Waals surface area (Å²) in [5.74, 6) is -0.212. The van der Waals surface area contributed by atoms with Gasteiger partial charge in [0.15, 0.2) is 5.78 Å². The summed E-state index contributed by atoms with van der Waals surface area (Å²) < 4.78 is 0. The van der Waals surface area contributed by atoms with Crippen LogP contribution in [0.25, 0.3) is 0 Å². The second kappa shape index (κ2) is 4.33. The van der Waals surface area contributed by atoms with Gasteiger partial charge in [0.25, 0.3) is 0 Å². The van der Waals surface area contributed by atoms with Crippen LogP contribution in [-0.4, -0.2) is 10.8 Å². The Kier molecular flexibility index (Phi) is 2.88. The molecule has 16 heavy (non-hydrogen) atoms. The molecule has 0 aliphatic heterocycles. The Hall–Kier alpha value is -1.87. The number of benzene rings is 1. The number of halogens is 1. The van der Waals surface area contributed by atoms with Crippen LogP contribution in [0.1, 0.15) is 15.9 Å². The van der Waals surface area contributed by atoms with E-state index in [2.05, 4.69) is 4.98 Å². The Morgan fingerprint density at radius 2 is 2.06 bits per heavy atom. The van der Waals surface area contributed by atoms with Gasteiger partial charge in [-0.15, -0.1) is 0 Å². The van der Waals surface area contributed by atoms with Crippen molar-refractivity contribution in [3.8, 4) is 0 Å². The summed E-state index contributed by atoms with van der Waals surface area (Å²) in [6, 6.07) is 8.37. The van der Waals surface area contributed by atoms with E-state index >= 15 is 0 Å². The minimum atomic E-state index is -0.212. The molecule has 4 heteroatoms. The van der Waals surface area contributed by atoms with Gasteiger partial charge < -0.3 is 5.73 Å². The van der Waals surface area contributed by atoms with Gasteiger partial charge in [-0.1, -0.05) is 17.7 Å². The van der Waals surface area contributed by atoms with Gasteiger partial charge in [0.1, 0.15) is 0 Å². The van der Waals surface area contributed by atoms with Crippen molar-refractivity contribution in [1.82, 2.24) is 4.98 Å². The van der Waals surface area contributed by atoms with Gasteiger partial charge in [-0.25, -0.2) is 0 Å². The van der Waals surface area contributed by atoms with Crippen molar-refractivity contribution in [3.05, 3.63) is 58.9 Å². The predicted molar refractivity (Wildman–Crippen MR) is 63.5 cm³/mol. The minimum absolute atomic E-state index is 0.212. The number of hydrogen-bond donors (Lipinski definition) is 1. The summed E-state index contributed by atoms with van der Waals surface area (Å²) in [4.78, 5) is 16.0. The standard InChI is InChI=1S/C12H9ClN2O/c13-9-4-1-5-10(14)11(9)12(16)8-3-2-6-15-7-8/h1-7H,14H2. The van der Waals surface area contributed by atoms with E-state index in [9.17, 15) is 4.79 Å². The summed E-state index contributed by atoms with van der Waals surface area (Å²) >= 11 is 5.95. The number of ketones is 1. The summed E-state index contributed by atoms with van der Waals surface area (Å²) in [5, 5.41) is 0.355. The highest BCUT2D eigenvalue weighted by Crippen LogP contribution is 2.24. The van der Waals surface area contributed by atoms with Crippen molar-refractivity contribution >= 4 is 23.1 Å². The third-order valence-electron chi connectivity index (χ3n) is 2.20. The second-order valence-corrected chi connectivity index (χ2v) is 3.68. The molecule has 0 saturated heterocycles. The van der Waals surface area contributed by atoms with Gasteiger partial charge in [0.2, 0.25) is 0 Å². The van der Waals surface area contributed by atoms with Gasteiger partial charge in [0, 0.05) is 23.6 Å². The molecular formula is C12H9ClN2O. The lowest BCUT2D eigenvalue weighted by Gasteiger charge is -2.06. The Labute approximate surface area is 97.9 Å². The van der Waals surface area contributed by atoms with E-state index in [1.807, 2.05) is 0 Å². The van der Waals surface area contributed by atoms with Gasteiger partial charge in [0.05, 0.1) is 10.6 Å². The van der Waals surface area contributed by atoms with Gasteiger partial charge in [-0.3, -0.25) is 9.78 Å². The fourth-order valence-electron chi connectivity index (χ4n) is 1.42. The predicted octanol–water partition coefficient (Wildman–Crippen LogP) is 2.55. The molecule has 0 spiro atoms. The molecule has 1 heterocycles. The summed E-state index contributed by atoms with van der Waals surface area (Å²) in [6.45, 7) is 0. The maximum Gasteiger partial charge on any atom is 0.198 e. The Balaban J connectivity index is 2.50. The molecule has 1 aromatic heterocycles. The first-order chi connectivity index (χ1) is 7.70. The van der Waals surface area contributed by atoms with E-state index in [1.54, 1.807) is 36.5 Å². The number of rotatable bonds is 2. The number of nitrogens with two attached hydrogens (primary N) is 1. The lowest BCUT2D eigenvalue weighted by Crippen LogP contribution is -2.06. The summed E-state index contributed by atoms with van der Waals surface area (Å²) in [5.41, 5.74) is 6.92. The van der Waals surface area contributed by atoms with Crippen molar-refractivity contribution in [2.45, 2.75) is 0 Å². The van der Waals surface area contributed by atoms with E-state index < -0.39 is 0 Å².